The smallest absolute Gasteiger partial charge is 0.264 e. The van der Waals surface area contributed by atoms with Gasteiger partial charge in [0.25, 0.3) is 10.0 Å². The second-order valence-corrected chi connectivity index (χ2v) is 12.8. The van der Waals surface area contributed by atoms with Gasteiger partial charge in [0.15, 0.2) is 0 Å². The molecule has 0 radical (unpaired) electrons. The number of carbonyl (C=O) groups excluding carboxylic acids is 2. The van der Waals surface area contributed by atoms with E-state index in [0.717, 1.165) is 17.9 Å². The average Bonchev–Trinajstić information content (AvgIpc) is 2.87. The molecule has 0 aliphatic carbocycles. The van der Waals surface area contributed by atoms with E-state index in [-0.39, 0.29) is 23.4 Å². The minimum atomic E-state index is -4.06. The number of nitrogens with zero attached hydrogens (tertiary/aromatic N) is 2. The average molecular weight is 698 g/mol. The second-order valence-electron chi connectivity index (χ2n) is 8.79. The summed E-state index contributed by atoms with van der Waals surface area (Å²) in [6.45, 7) is 5.01. The fourth-order valence-corrected chi connectivity index (χ4v) is 5.69. The van der Waals surface area contributed by atoms with E-state index in [1.165, 1.54) is 17.0 Å². The normalized spacial score (nSPS) is 12.2. The van der Waals surface area contributed by atoms with Crippen molar-refractivity contribution >= 4 is 66.0 Å². The number of rotatable bonds is 10. The molecule has 3 aromatic rings. The molecule has 1 atom stereocenters. The zero-order valence-electron chi connectivity index (χ0n) is 20.8. The molecule has 0 saturated carbocycles. The molecule has 0 aliphatic heterocycles. The van der Waals surface area contributed by atoms with Gasteiger partial charge in [0, 0.05) is 20.6 Å². The summed E-state index contributed by atoms with van der Waals surface area (Å²) < 4.78 is 30.3. The number of nitrogens with one attached hydrogen (secondary N) is 1. The molecule has 3 rings (SSSR count). The molecule has 196 valence electrons. The zero-order valence-corrected chi connectivity index (χ0v) is 25.3. The standard InChI is InChI=1S/C27H29BrIN3O4S/c1-19(2)30-27(34)20(3)31(17-21-9-11-22(28)12-10-21)26(33)18-32(24-15-13-23(29)14-16-24)37(35,36)25-7-5-4-6-8-25/h4-16,19-20H,17-18H2,1-3H3,(H,30,34)/t20-/m0/s1. The minimum absolute atomic E-state index is 0.0754. The van der Waals surface area contributed by atoms with E-state index in [0.29, 0.717) is 5.69 Å². The van der Waals surface area contributed by atoms with Crippen molar-refractivity contribution in [3.8, 4) is 0 Å². The first-order chi connectivity index (χ1) is 17.5. The predicted molar refractivity (Wildman–Crippen MR) is 158 cm³/mol. The van der Waals surface area contributed by atoms with Crippen molar-refractivity contribution in [1.29, 1.82) is 0 Å². The molecule has 0 saturated heterocycles. The molecule has 37 heavy (non-hydrogen) atoms. The number of amides is 2. The largest absolute Gasteiger partial charge is 0.352 e. The first kappa shape index (κ1) is 29.1. The van der Waals surface area contributed by atoms with Crippen molar-refractivity contribution in [2.75, 3.05) is 10.8 Å². The highest BCUT2D eigenvalue weighted by atomic mass is 127. The van der Waals surface area contributed by atoms with Crippen molar-refractivity contribution in [2.24, 2.45) is 0 Å². The Morgan fingerprint density at radius 1 is 0.919 bits per heavy atom. The van der Waals surface area contributed by atoms with Gasteiger partial charge in [0.05, 0.1) is 10.6 Å². The Hall–Kier alpha value is -2.44. The van der Waals surface area contributed by atoms with Crippen LogP contribution in [0.25, 0.3) is 0 Å². The van der Waals surface area contributed by atoms with Crippen molar-refractivity contribution in [3.63, 3.8) is 0 Å². The predicted octanol–water partition coefficient (Wildman–Crippen LogP) is 5.19. The number of hydrogen-bond donors (Lipinski definition) is 1. The third-order valence-corrected chi connectivity index (χ3v) is 8.62. The number of carbonyl (C=O) groups is 2. The molecule has 3 aromatic carbocycles. The van der Waals surface area contributed by atoms with Crippen LogP contribution in [0.3, 0.4) is 0 Å². The Bertz CT molecular complexity index is 1320. The number of sulfonamides is 1. The maximum absolute atomic E-state index is 13.8. The van der Waals surface area contributed by atoms with Crippen LogP contribution in [-0.2, 0) is 26.2 Å². The van der Waals surface area contributed by atoms with Gasteiger partial charge in [0.1, 0.15) is 12.6 Å². The highest BCUT2D eigenvalue weighted by molar-refractivity contribution is 14.1. The summed E-state index contributed by atoms with van der Waals surface area (Å²) in [6, 6.07) is 21.4. The summed E-state index contributed by atoms with van der Waals surface area (Å²) in [5, 5.41) is 2.85. The van der Waals surface area contributed by atoms with E-state index in [9.17, 15) is 18.0 Å². The van der Waals surface area contributed by atoms with Gasteiger partial charge in [-0.15, -0.1) is 0 Å². The third-order valence-electron chi connectivity index (χ3n) is 5.59. The van der Waals surface area contributed by atoms with Crippen LogP contribution in [-0.4, -0.2) is 43.8 Å². The maximum Gasteiger partial charge on any atom is 0.264 e. The summed E-state index contributed by atoms with van der Waals surface area (Å²) in [5.74, 6) is -0.806. The molecule has 0 fully saturated rings. The fourth-order valence-electron chi connectivity index (χ4n) is 3.63. The van der Waals surface area contributed by atoms with Crippen molar-refractivity contribution in [2.45, 2.75) is 44.3 Å². The van der Waals surface area contributed by atoms with Crippen LogP contribution >= 0.6 is 38.5 Å². The number of benzene rings is 3. The number of halogens is 2. The Labute approximate surface area is 240 Å². The summed E-state index contributed by atoms with van der Waals surface area (Å²) in [6.07, 6.45) is 0. The van der Waals surface area contributed by atoms with Gasteiger partial charge in [-0.3, -0.25) is 13.9 Å². The Morgan fingerprint density at radius 2 is 1.51 bits per heavy atom. The summed E-state index contributed by atoms with van der Waals surface area (Å²) in [7, 11) is -4.06. The lowest BCUT2D eigenvalue weighted by Crippen LogP contribution is -2.52. The van der Waals surface area contributed by atoms with Crippen molar-refractivity contribution < 1.29 is 18.0 Å². The minimum Gasteiger partial charge on any atom is -0.352 e. The zero-order chi connectivity index (χ0) is 27.2. The highest BCUT2D eigenvalue weighted by Crippen LogP contribution is 2.25. The van der Waals surface area contributed by atoms with Crippen molar-refractivity contribution in [1.82, 2.24) is 10.2 Å². The van der Waals surface area contributed by atoms with Gasteiger partial charge in [0.2, 0.25) is 11.8 Å². The highest BCUT2D eigenvalue weighted by Gasteiger charge is 2.32. The molecule has 10 heteroatoms. The van der Waals surface area contributed by atoms with Crippen molar-refractivity contribution in [3.05, 3.63) is 92.5 Å². The van der Waals surface area contributed by atoms with E-state index in [1.54, 1.807) is 49.4 Å². The number of hydrogen-bond acceptors (Lipinski definition) is 4. The maximum atomic E-state index is 13.8. The van der Waals surface area contributed by atoms with Crippen LogP contribution in [0.4, 0.5) is 5.69 Å². The monoisotopic (exact) mass is 697 g/mol. The summed E-state index contributed by atoms with van der Waals surface area (Å²) in [4.78, 5) is 28.2. The van der Waals surface area contributed by atoms with Gasteiger partial charge in [-0.2, -0.15) is 0 Å². The molecule has 7 nitrogen and oxygen atoms in total. The summed E-state index contributed by atoms with van der Waals surface area (Å²) in [5.41, 5.74) is 1.17. The molecule has 0 heterocycles. The lowest BCUT2D eigenvalue weighted by atomic mass is 10.1. The lowest BCUT2D eigenvalue weighted by molar-refractivity contribution is -0.139. The topological polar surface area (TPSA) is 86.8 Å². The molecule has 0 aliphatic rings. The molecule has 0 aromatic heterocycles. The van der Waals surface area contributed by atoms with E-state index >= 15 is 0 Å². The second kappa shape index (κ2) is 12.9. The van der Waals surface area contributed by atoms with E-state index < -0.39 is 28.5 Å². The van der Waals surface area contributed by atoms with Crippen LogP contribution in [0, 0.1) is 3.57 Å². The van der Waals surface area contributed by atoms with Crippen LogP contribution in [0.5, 0.6) is 0 Å². The Morgan fingerprint density at radius 3 is 2.08 bits per heavy atom. The summed E-state index contributed by atoms with van der Waals surface area (Å²) >= 11 is 5.55. The van der Waals surface area contributed by atoms with Crippen LogP contribution in [0.15, 0.2) is 88.2 Å². The Kier molecular flexibility index (Phi) is 10.1. The lowest BCUT2D eigenvalue weighted by Gasteiger charge is -2.32. The SMILES string of the molecule is CC(C)NC(=O)[C@H](C)N(Cc1ccc(Br)cc1)C(=O)CN(c1ccc(I)cc1)S(=O)(=O)c1ccccc1. The first-order valence-corrected chi connectivity index (χ1v) is 15.0. The molecular formula is C27H29BrIN3O4S. The third kappa shape index (κ3) is 7.78. The fraction of sp³-hybridized carbons (Fsp3) is 0.259. The van der Waals surface area contributed by atoms with E-state index in [2.05, 4.69) is 43.8 Å². The van der Waals surface area contributed by atoms with Crippen LogP contribution in [0.2, 0.25) is 0 Å². The molecule has 2 amide bonds. The molecule has 0 spiro atoms. The van der Waals surface area contributed by atoms with Gasteiger partial charge >= 0.3 is 0 Å². The van der Waals surface area contributed by atoms with Crippen LogP contribution in [0.1, 0.15) is 26.3 Å². The first-order valence-electron chi connectivity index (χ1n) is 11.7. The quantitative estimate of drug-likeness (QED) is 0.296. The molecule has 1 N–H and O–H groups in total. The van der Waals surface area contributed by atoms with Gasteiger partial charge in [-0.1, -0.05) is 46.3 Å². The Balaban J connectivity index is 2.00. The van der Waals surface area contributed by atoms with E-state index in [1.807, 2.05) is 38.1 Å². The van der Waals surface area contributed by atoms with Gasteiger partial charge < -0.3 is 10.2 Å². The molecule has 0 bridgehead atoms. The van der Waals surface area contributed by atoms with Gasteiger partial charge in [-0.25, -0.2) is 8.42 Å². The van der Waals surface area contributed by atoms with E-state index in [4.69, 9.17) is 0 Å². The van der Waals surface area contributed by atoms with Gasteiger partial charge in [-0.05, 0) is 97.5 Å². The number of anilines is 1. The van der Waals surface area contributed by atoms with Crippen LogP contribution < -0.4 is 9.62 Å². The molecular weight excluding hydrogens is 669 g/mol. The molecule has 0 unspecified atom stereocenters.